The molecule has 1 atom stereocenters. The normalized spacial score (nSPS) is 20.0. The van der Waals surface area contributed by atoms with Crippen LogP contribution in [0.1, 0.15) is 74.5 Å². The summed E-state index contributed by atoms with van der Waals surface area (Å²) in [6.07, 6.45) is 8.40. The van der Waals surface area contributed by atoms with Crippen molar-refractivity contribution in [1.82, 2.24) is 4.98 Å². The maximum Gasteiger partial charge on any atom is 0.335 e. The summed E-state index contributed by atoms with van der Waals surface area (Å²) < 4.78 is 13.6. The first-order valence-electron chi connectivity index (χ1n) is 12.8. The Balaban J connectivity index is 2.03. The van der Waals surface area contributed by atoms with Crippen molar-refractivity contribution in [3.8, 4) is 0 Å². The lowest BCUT2D eigenvalue weighted by Gasteiger charge is -2.25. The van der Waals surface area contributed by atoms with E-state index >= 15 is 0 Å². The lowest BCUT2D eigenvalue weighted by atomic mass is 9.91. The molecule has 1 heterocycles. The van der Waals surface area contributed by atoms with Crippen molar-refractivity contribution in [1.29, 1.82) is 0 Å². The van der Waals surface area contributed by atoms with E-state index in [9.17, 15) is 14.3 Å². The zero-order valence-corrected chi connectivity index (χ0v) is 22.4. The number of nitrogens with one attached hydrogen (secondary N) is 1. The predicted molar refractivity (Wildman–Crippen MR) is 150 cm³/mol. The van der Waals surface area contributed by atoms with Gasteiger partial charge in [-0.05, 0) is 80.9 Å². The van der Waals surface area contributed by atoms with E-state index < -0.39 is 5.97 Å². The number of hydrogen-bond donors (Lipinski definition) is 3. The summed E-state index contributed by atoms with van der Waals surface area (Å²) in [6.45, 7) is 6.34. The SMILES string of the molecule is CC=C(Cl)/C(=C\C(=NC1CCC(N)CC1)C(C)CC)c1cc(C(=O)O)cc(NCc2cccc(F)c2)n1. The largest absolute Gasteiger partial charge is 0.478 e. The molecule has 2 aromatic rings. The first-order chi connectivity index (χ1) is 17.7. The van der Waals surface area contributed by atoms with Crippen LogP contribution in [0.25, 0.3) is 5.57 Å². The number of aromatic carboxylic acids is 1. The summed E-state index contributed by atoms with van der Waals surface area (Å²) in [5.74, 6) is -0.883. The minimum Gasteiger partial charge on any atom is -0.478 e. The third kappa shape index (κ3) is 8.23. The zero-order valence-electron chi connectivity index (χ0n) is 21.7. The number of benzene rings is 1. The van der Waals surface area contributed by atoms with Crippen LogP contribution < -0.4 is 11.1 Å². The van der Waals surface area contributed by atoms with Gasteiger partial charge >= 0.3 is 5.97 Å². The molecule has 4 N–H and O–H groups in total. The molecule has 198 valence electrons. The molecule has 1 unspecified atom stereocenters. The van der Waals surface area contributed by atoms with Crippen molar-refractivity contribution in [3.05, 3.63) is 76.2 Å². The van der Waals surface area contributed by atoms with Crippen molar-refractivity contribution in [2.45, 2.75) is 71.5 Å². The Hall–Kier alpha value is -3.03. The third-order valence-electron chi connectivity index (χ3n) is 6.70. The highest BCUT2D eigenvalue weighted by atomic mass is 35.5. The number of carbonyl (C=O) groups is 1. The van der Waals surface area contributed by atoms with Crippen LogP contribution >= 0.6 is 11.6 Å². The van der Waals surface area contributed by atoms with Gasteiger partial charge in [-0.15, -0.1) is 0 Å². The summed E-state index contributed by atoms with van der Waals surface area (Å²) in [7, 11) is 0. The predicted octanol–water partition coefficient (Wildman–Crippen LogP) is 6.81. The van der Waals surface area contributed by atoms with Crippen molar-refractivity contribution in [3.63, 3.8) is 0 Å². The van der Waals surface area contributed by atoms with E-state index in [2.05, 4.69) is 24.1 Å². The highest BCUT2D eigenvalue weighted by Gasteiger charge is 2.21. The molecule has 0 amide bonds. The second-order valence-electron chi connectivity index (χ2n) is 9.54. The molecule has 1 aliphatic carbocycles. The van der Waals surface area contributed by atoms with Crippen LogP contribution in [-0.4, -0.2) is 33.9 Å². The Morgan fingerprint density at radius 1 is 1.30 bits per heavy atom. The van der Waals surface area contributed by atoms with Gasteiger partial charge in [0.05, 0.1) is 17.3 Å². The molecule has 8 heteroatoms. The minimum atomic E-state index is -1.08. The molecule has 3 rings (SSSR count). The summed E-state index contributed by atoms with van der Waals surface area (Å²) in [5, 5.41) is 13.3. The van der Waals surface area contributed by atoms with Crippen LogP contribution in [0.3, 0.4) is 0 Å². The molecule has 1 aliphatic rings. The van der Waals surface area contributed by atoms with Gasteiger partial charge in [0.1, 0.15) is 11.6 Å². The van der Waals surface area contributed by atoms with Crippen molar-refractivity contribution >= 4 is 34.7 Å². The number of hydrogen-bond acceptors (Lipinski definition) is 5. The smallest absolute Gasteiger partial charge is 0.335 e. The van der Waals surface area contributed by atoms with Crippen LogP contribution in [0.2, 0.25) is 0 Å². The molecule has 0 bridgehead atoms. The molecule has 1 fully saturated rings. The fraction of sp³-hybridized carbons (Fsp3) is 0.414. The van der Waals surface area contributed by atoms with E-state index in [0.717, 1.165) is 37.8 Å². The van der Waals surface area contributed by atoms with Gasteiger partial charge in [0.15, 0.2) is 0 Å². The van der Waals surface area contributed by atoms with Gasteiger partial charge in [-0.2, -0.15) is 0 Å². The lowest BCUT2D eigenvalue weighted by molar-refractivity contribution is 0.0696. The highest BCUT2D eigenvalue weighted by Crippen LogP contribution is 2.29. The van der Waals surface area contributed by atoms with Crippen molar-refractivity contribution in [2.24, 2.45) is 16.6 Å². The van der Waals surface area contributed by atoms with Crippen LogP contribution in [-0.2, 0) is 6.54 Å². The number of allylic oxidation sites excluding steroid dienone is 4. The Labute approximate surface area is 223 Å². The Morgan fingerprint density at radius 2 is 2.03 bits per heavy atom. The molecule has 1 aromatic heterocycles. The maximum absolute atomic E-state index is 13.6. The third-order valence-corrected chi connectivity index (χ3v) is 7.13. The standard InChI is InChI=1S/C29H36ClFN4O2/c1-4-18(3)26(34-23-11-9-22(32)10-12-23)16-24(25(30)5-2)27-14-20(29(36)37)15-28(35-27)33-17-19-7-6-8-21(31)13-19/h5-8,13-16,18,22-23H,4,9-12,17,32H2,1-3H3,(H,33,35)(H,36,37)/b24-16+,25-5?,34-26?. The van der Waals surface area contributed by atoms with E-state index in [-0.39, 0.29) is 35.9 Å². The fourth-order valence-electron chi connectivity index (χ4n) is 4.25. The fourth-order valence-corrected chi connectivity index (χ4v) is 4.40. The van der Waals surface area contributed by atoms with Crippen LogP contribution in [0.4, 0.5) is 10.2 Å². The second kappa shape index (κ2) is 13.5. The van der Waals surface area contributed by atoms with Crippen LogP contribution in [0.5, 0.6) is 0 Å². The molecule has 0 spiro atoms. The Bertz CT molecular complexity index is 1190. The van der Waals surface area contributed by atoms with Gasteiger partial charge in [-0.3, -0.25) is 4.99 Å². The maximum atomic E-state index is 13.6. The van der Waals surface area contributed by atoms with Gasteiger partial charge in [-0.1, -0.05) is 43.7 Å². The van der Waals surface area contributed by atoms with Gasteiger partial charge in [0.25, 0.3) is 0 Å². The molecule has 1 saturated carbocycles. The number of carboxylic acids is 1. The molecule has 0 aliphatic heterocycles. The second-order valence-corrected chi connectivity index (χ2v) is 9.95. The number of aromatic nitrogens is 1. The van der Waals surface area contributed by atoms with E-state index in [1.807, 2.05) is 13.0 Å². The topological polar surface area (TPSA) is 101 Å². The summed E-state index contributed by atoms with van der Waals surface area (Å²) in [4.78, 5) is 21.7. The number of nitrogens with two attached hydrogens (primary N) is 1. The summed E-state index contributed by atoms with van der Waals surface area (Å²) >= 11 is 6.67. The van der Waals surface area contributed by atoms with E-state index in [4.69, 9.17) is 22.3 Å². The monoisotopic (exact) mass is 526 g/mol. The van der Waals surface area contributed by atoms with E-state index in [1.54, 1.807) is 18.2 Å². The van der Waals surface area contributed by atoms with E-state index in [0.29, 0.717) is 27.7 Å². The zero-order chi connectivity index (χ0) is 26.9. The quantitative estimate of drug-likeness (QED) is 0.233. The number of aliphatic imine (C=N–C) groups is 1. The van der Waals surface area contributed by atoms with Gasteiger partial charge in [0, 0.05) is 28.9 Å². The lowest BCUT2D eigenvalue weighted by Crippen LogP contribution is -2.29. The van der Waals surface area contributed by atoms with Gasteiger partial charge in [0.2, 0.25) is 0 Å². The number of halogens is 2. The van der Waals surface area contributed by atoms with Crippen LogP contribution in [0.15, 0.2) is 58.6 Å². The van der Waals surface area contributed by atoms with Crippen molar-refractivity contribution < 1.29 is 14.3 Å². The number of pyridine rings is 1. The van der Waals surface area contributed by atoms with E-state index in [1.165, 1.54) is 24.3 Å². The average Bonchev–Trinajstić information content (AvgIpc) is 2.89. The minimum absolute atomic E-state index is 0.0708. The average molecular weight is 527 g/mol. The Kier molecular flexibility index (Phi) is 10.4. The van der Waals surface area contributed by atoms with Crippen molar-refractivity contribution in [2.75, 3.05) is 5.32 Å². The molecule has 37 heavy (non-hydrogen) atoms. The first-order valence-corrected chi connectivity index (χ1v) is 13.2. The number of rotatable bonds is 10. The summed E-state index contributed by atoms with van der Waals surface area (Å²) in [5.41, 5.74) is 8.81. The molecular formula is C29H36ClFN4O2. The molecule has 0 radical (unpaired) electrons. The highest BCUT2D eigenvalue weighted by molar-refractivity contribution is 6.37. The Morgan fingerprint density at radius 3 is 2.65 bits per heavy atom. The molecule has 6 nitrogen and oxygen atoms in total. The summed E-state index contributed by atoms with van der Waals surface area (Å²) in [6, 6.07) is 9.62. The number of anilines is 1. The molecule has 0 saturated heterocycles. The molecule has 1 aromatic carbocycles. The van der Waals surface area contributed by atoms with Gasteiger partial charge < -0.3 is 16.2 Å². The molecular weight excluding hydrogens is 491 g/mol. The van der Waals surface area contributed by atoms with Gasteiger partial charge in [-0.25, -0.2) is 14.2 Å². The number of carboxylic acid groups (broad SMARTS) is 1. The van der Waals surface area contributed by atoms with Crippen LogP contribution in [0, 0.1) is 11.7 Å². The first kappa shape index (κ1) is 28.5. The number of nitrogens with zero attached hydrogens (tertiary/aromatic N) is 2.